The van der Waals surface area contributed by atoms with Crippen LogP contribution in [0.5, 0.6) is 0 Å². The van der Waals surface area contributed by atoms with Crippen LogP contribution >= 0.6 is 11.3 Å². The van der Waals surface area contributed by atoms with Crippen molar-refractivity contribution in [3.63, 3.8) is 0 Å². The summed E-state index contributed by atoms with van der Waals surface area (Å²) in [6.45, 7) is 1.47. The fourth-order valence-corrected chi connectivity index (χ4v) is 3.32. The SMILES string of the molecule is Cc1nnc(NC(=O)CN(C)S(=O)(=O)c2ccccc2)s1. The van der Waals surface area contributed by atoms with E-state index in [4.69, 9.17) is 0 Å². The molecule has 7 nitrogen and oxygen atoms in total. The first kappa shape index (κ1) is 15.5. The lowest BCUT2D eigenvalue weighted by atomic mass is 10.4. The second-order valence-corrected chi connectivity index (χ2v) is 7.48. The second kappa shape index (κ2) is 6.29. The first-order chi connectivity index (χ1) is 9.89. The lowest BCUT2D eigenvalue weighted by Crippen LogP contribution is -2.34. The number of nitrogens with one attached hydrogen (secondary N) is 1. The minimum atomic E-state index is -3.68. The van der Waals surface area contributed by atoms with E-state index in [9.17, 15) is 13.2 Å². The lowest BCUT2D eigenvalue weighted by molar-refractivity contribution is -0.116. The quantitative estimate of drug-likeness (QED) is 0.888. The summed E-state index contributed by atoms with van der Waals surface area (Å²) in [5.41, 5.74) is 0. The van der Waals surface area contributed by atoms with E-state index in [1.54, 1.807) is 25.1 Å². The van der Waals surface area contributed by atoms with Crippen molar-refractivity contribution < 1.29 is 13.2 Å². The van der Waals surface area contributed by atoms with Gasteiger partial charge in [-0.3, -0.25) is 10.1 Å². The van der Waals surface area contributed by atoms with Crippen molar-refractivity contribution in [2.75, 3.05) is 18.9 Å². The van der Waals surface area contributed by atoms with Crippen LogP contribution in [0.2, 0.25) is 0 Å². The third-order valence-electron chi connectivity index (χ3n) is 2.59. The molecule has 0 atom stereocenters. The van der Waals surface area contributed by atoms with Gasteiger partial charge in [-0.1, -0.05) is 29.5 Å². The van der Waals surface area contributed by atoms with Crippen molar-refractivity contribution in [2.24, 2.45) is 0 Å². The minimum Gasteiger partial charge on any atom is -0.299 e. The fourth-order valence-electron chi connectivity index (χ4n) is 1.57. The van der Waals surface area contributed by atoms with E-state index in [1.807, 2.05) is 0 Å². The van der Waals surface area contributed by atoms with E-state index in [2.05, 4.69) is 15.5 Å². The molecule has 1 amide bonds. The van der Waals surface area contributed by atoms with Crippen LogP contribution in [-0.4, -0.2) is 42.4 Å². The van der Waals surface area contributed by atoms with Gasteiger partial charge in [-0.25, -0.2) is 8.42 Å². The molecule has 0 bridgehead atoms. The summed E-state index contributed by atoms with van der Waals surface area (Å²) in [5.74, 6) is -0.465. The molecule has 9 heteroatoms. The number of hydrogen-bond acceptors (Lipinski definition) is 6. The van der Waals surface area contributed by atoms with Gasteiger partial charge in [-0.2, -0.15) is 4.31 Å². The van der Waals surface area contributed by atoms with Crippen molar-refractivity contribution in [1.82, 2.24) is 14.5 Å². The molecule has 0 aliphatic heterocycles. The van der Waals surface area contributed by atoms with E-state index < -0.39 is 15.9 Å². The van der Waals surface area contributed by atoms with Crippen LogP contribution in [0, 0.1) is 6.92 Å². The topological polar surface area (TPSA) is 92.3 Å². The highest BCUT2D eigenvalue weighted by molar-refractivity contribution is 7.89. The summed E-state index contributed by atoms with van der Waals surface area (Å²) in [4.78, 5) is 12.0. The molecule has 0 spiro atoms. The van der Waals surface area contributed by atoms with Gasteiger partial charge in [0.05, 0.1) is 11.4 Å². The van der Waals surface area contributed by atoms with E-state index in [0.29, 0.717) is 5.13 Å². The third-order valence-corrected chi connectivity index (χ3v) is 5.16. The Morgan fingerprint density at radius 1 is 1.29 bits per heavy atom. The van der Waals surface area contributed by atoms with Crippen molar-refractivity contribution in [2.45, 2.75) is 11.8 Å². The molecule has 0 radical (unpaired) electrons. The number of hydrogen-bond donors (Lipinski definition) is 1. The molecule has 1 heterocycles. The van der Waals surface area contributed by atoms with Gasteiger partial charge in [0.1, 0.15) is 5.01 Å². The van der Waals surface area contributed by atoms with E-state index in [0.717, 1.165) is 9.31 Å². The molecule has 21 heavy (non-hydrogen) atoms. The number of likely N-dealkylation sites (N-methyl/N-ethyl adjacent to an activating group) is 1. The second-order valence-electron chi connectivity index (χ2n) is 4.25. The summed E-state index contributed by atoms with van der Waals surface area (Å²) < 4.78 is 25.5. The number of anilines is 1. The van der Waals surface area contributed by atoms with Crippen LogP contribution in [-0.2, 0) is 14.8 Å². The Labute approximate surface area is 126 Å². The van der Waals surface area contributed by atoms with Crippen LogP contribution in [0.15, 0.2) is 35.2 Å². The van der Waals surface area contributed by atoms with Gasteiger partial charge < -0.3 is 0 Å². The molecule has 112 valence electrons. The Morgan fingerprint density at radius 2 is 1.95 bits per heavy atom. The Balaban J connectivity index is 2.04. The van der Waals surface area contributed by atoms with Crippen molar-refractivity contribution in [1.29, 1.82) is 0 Å². The van der Waals surface area contributed by atoms with Crippen LogP contribution in [0.4, 0.5) is 5.13 Å². The molecular weight excluding hydrogens is 312 g/mol. The molecule has 0 aliphatic carbocycles. The van der Waals surface area contributed by atoms with E-state index in [-0.39, 0.29) is 11.4 Å². The number of benzene rings is 1. The van der Waals surface area contributed by atoms with Gasteiger partial charge in [0.2, 0.25) is 21.1 Å². The zero-order valence-electron chi connectivity index (χ0n) is 11.5. The largest absolute Gasteiger partial charge is 0.299 e. The van der Waals surface area contributed by atoms with Crippen molar-refractivity contribution >= 4 is 32.4 Å². The van der Waals surface area contributed by atoms with Gasteiger partial charge in [0, 0.05) is 7.05 Å². The molecule has 0 aliphatic rings. The van der Waals surface area contributed by atoms with E-state index in [1.165, 1.54) is 30.5 Å². The fraction of sp³-hybridized carbons (Fsp3) is 0.250. The molecule has 1 aromatic heterocycles. The molecule has 1 aromatic carbocycles. The van der Waals surface area contributed by atoms with Crippen molar-refractivity contribution in [3.8, 4) is 0 Å². The molecule has 1 N–H and O–H groups in total. The number of carbonyl (C=O) groups excluding carboxylic acids is 1. The minimum absolute atomic E-state index is 0.145. The van der Waals surface area contributed by atoms with Gasteiger partial charge in [0.15, 0.2) is 0 Å². The molecule has 0 saturated carbocycles. The maximum Gasteiger partial charge on any atom is 0.243 e. The van der Waals surface area contributed by atoms with Gasteiger partial charge in [-0.15, -0.1) is 10.2 Å². The summed E-state index contributed by atoms with van der Waals surface area (Å²) in [6.07, 6.45) is 0. The first-order valence-corrected chi connectivity index (χ1v) is 8.26. The predicted octanol–water partition coefficient (Wildman–Crippen LogP) is 1.11. The maximum absolute atomic E-state index is 12.2. The standard InChI is InChI=1S/C12H14N4O3S2/c1-9-14-15-12(20-9)13-11(17)8-16(2)21(18,19)10-6-4-3-5-7-10/h3-7H,8H2,1-2H3,(H,13,15,17). The number of amides is 1. The van der Waals surface area contributed by atoms with Gasteiger partial charge >= 0.3 is 0 Å². The highest BCUT2D eigenvalue weighted by Gasteiger charge is 2.22. The summed E-state index contributed by atoms with van der Waals surface area (Å²) in [6, 6.07) is 7.95. The number of carbonyl (C=O) groups is 1. The number of nitrogens with zero attached hydrogens (tertiary/aromatic N) is 3. The highest BCUT2D eigenvalue weighted by Crippen LogP contribution is 2.15. The average molecular weight is 326 g/mol. The van der Waals surface area contributed by atoms with Crippen molar-refractivity contribution in [3.05, 3.63) is 35.3 Å². The van der Waals surface area contributed by atoms with Gasteiger partial charge in [-0.05, 0) is 19.1 Å². The Bertz CT molecular complexity index is 728. The summed E-state index contributed by atoms with van der Waals surface area (Å²) in [7, 11) is -2.33. The molecule has 0 saturated heterocycles. The normalized spacial score (nSPS) is 11.6. The number of sulfonamides is 1. The summed E-state index contributed by atoms with van der Waals surface area (Å²) >= 11 is 1.22. The zero-order chi connectivity index (χ0) is 15.5. The van der Waals surface area contributed by atoms with Crippen LogP contribution < -0.4 is 5.32 Å². The lowest BCUT2D eigenvalue weighted by Gasteiger charge is -2.16. The molecule has 2 rings (SSSR count). The Morgan fingerprint density at radius 3 is 2.52 bits per heavy atom. The van der Waals surface area contributed by atoms with Crippen LogP contribution in [0.3, 0.4) is 0 Å². The predicted molar refractivity (Wildman–Crippen MR) is 79.5 cm³/mol. The number of aromatic nitrogens is 2. The van der Waals surface area contributed by atoms with Gasteiger partial charge in [0.25, 0.3) is 0 Å². The van der Waals surface area contributed by atoms with E-state index >= 15 is 0 Å². The average Bonchev–Trinajstić information content (AvgIpc) is 2.84. The Kier molecular flexibility index (Phi) is 4.66. The number of aryl methyl sites for hydroxylation is 1. The maximum atomic E-state index is 12.2. The Hall–Kier alpha value is -1.84. The smallest absolute Gasteiger partial charge is 0.243 e. The monoisotopic (exact) mass is 326 g/mol. The highest BCUT2D eigenvalue weighted by atomic mass is 32.2. The molecular formula is C12H14N4O3S2. The first-order valence-electron chi connectivity index (χ1n) is 6.01. The molecule has 0 fully saturated rings. The number of rotatable bonds is 5. The summed E-state index contributed by atoms with van der Waals surface area (Å²) in [5, 5.41) is 11.1. The third kappa shape index (κ3) is 3.84. The molecule has 0 unspecified atom stereocenters. The molecule has 2 aromatic rings. The van der Waals surface area contributed by atoms with Crippen LogP contribution in [0.1, 0.15) is 5.01 Å². The van der Waals surface area contributed by atoms with Crippen LogP contribution in [0.25, 0.3) is 0 Å². The zero-order valence-corrected chi connectivity index (χ0v) is 13.1.